The number of nitrogens with zero attached hydrogens (tertiary/aromatic N) is 1. The van der Waals surface area contributed by atoms with Crippen molar-refractivity contribution >= 4 is 59.1 Å². The van der Waals surface area contributed by atoms with Gasteiger partial charge in [0.05, 0.1) is 12.9 Å². The van der Waals surface area contributed by atoms with Gasteiger partial charge in [-0.1, -0.05) is 27.7 Å². The van der Waals surface area contributed by atoms with Gasteiger partial charge in [0.2, 0.25) is 53.2 Å². The van der Waals surface area contributed by atoms with Crippen LogP contribution in [-0.4, -0.2) is 148 Å². The van der Waals surface area contributed by atoms with Crippen LogP contribution in [0.4, 0.5) is 0 Å². The third-order valence-corrected chi connectivity index (χ3v) is 10.6. The topological polar surface area (TPSA) is 406 Å². The fourth-order valence-corrected chi connectivity index (χ4v) is 6.70. The Bertz CT molecular complexity index is 1850. The number of unbranched alkanes of at least 4 members (excludes halogenated alkanes) is 2. The average Bonchev–Trinajstić information content (AvgIpc) is 3.80. The summed E-state index contributed by atoms with van der Waals surface area (Å²) in [5.74, 6) is -7.84. The van der Waals surface area contributed by atoms with Crippen LogP contribution in [0.3, 0.4) is 0 Å². The highest BCUT2D eigenvalue weighted by atomic mass is 16.4. The van der Waals surface area contributed by atoms with Gasteiger partial charge in [-0.3, -0.25) is 43.2 Å². The molecular formula is C44H78N14O11. The minimum atomic E-state index is -1.31. The van der Waals surface area contributed by atoms with Crippen molar-refractivity contribution in [2.45, 2.75) is 168 Å². The molecule has 1 heterocycles. The van der Waals surface area contributed by atoms with Crippen LogP contribution < -0.4 is 65.1 Å². The number of aliphatic carboxylic acids is 1. The number of amides is 9. The second-order valence-electron chi connectivity index (χ2n) is 17.9. The summed E-state index contributed by atoms with van der Waals surface area (Å²) < 4.78 is 0. The molecule has 17 N–H and O–H groups in total. The van der Waals surface area contributed by atoms with E-state index in [2.05, 4.69) is 57.8 Å². The lowest BCUT2D eigenvalue weighted by Crippen LogP contribution is -2.60. The first kappa shape index (κ1) is 60.8. The molecule has 0 unspecified atom stereocenters. The lowest BCUT2D eigenvalue weighted by atomic mass is 10.0. The van der Waals surface area contributed by atoms with Crippen LogP contribution in [0, 0.1) is 11.8 Å². The van der Waals surface area contributed by atoms with E-state index in [0.29, 0.717) is 37.9 Å². The molecule has 0 spiro atoms. The summed E-state index contributed by atoms with van der Waals surface area (Å²) in [7, 11) is 0. The second kappa shape index (κ2) is 31.8. The van der Waals surface area contributed by atoms with E-state index in [1.54, 1.807) is 0 Å². The average molecular weight is 979 g/mol. The molecule has 9 atom stereocenters. The van der Waals surface area contributed by atoms with E-state index in [9.17, 15) is 53.1 Å². The number of aromatic amines is 1. The SMILES string of the molecule is CC(C)C[C@H](NC(=O)CN)C(=O)N[C@@H](C)C(=O)N[C@@H](C)C(=O)N[C@@H](CC(C)C)C(=O)N[C@@H](CCCCN)C(=O)N[C@@H](C)C(=O)N[C@@H](Cc1cnc[nH]1)C(=O)N[C@@H](C)C(=O)N[C@@H](CCCCN)C(=O)O. The van der Waals surface area contributed by atoms with Crippen LogP contribution in [0.15, 0.2) is 12.5 Å². The van der Waals surface area contributed by atoms with Gasteiger partial charge >= 0.3 is 5.97 Å². The molecule has 0 saturated heterocycles. The minimum Gasteiger partial charge on any atom is -0.480 e. The first-order chi connectivity index (χ1) is 32.4. The molecule has 0 bridgehead atoms. The van der Waals surface area contributed by atoms with E-state index in [-0.39, 0.29) is 57.0 Å². The van der Waals surface area contributed by atoms with Gasteiger partial charge in [-0.15, -0.1) is 0 Å². The Morgan fingerprint density at radius 3 is 1.28 bits per heavy atom. The molecule has 0 aliphatic heterocycles. The number of carboxylic acids is 1. The maximum Gasteiger partial charge on any atom is 0.326 e. The Hall–Kier alpha value is -6.21. The van der Waals surface area contributed by atoms with E-state index in [1.165, 1.54) is 40.2 Å². The van der Waals surface area contributed by atoms with Crippen LogP contribution in [-0.2, 0) is 54.4 Å². The van der Waals surface area contributed by atoms with E-state index >= 15 is 0 Å². The molecule has 9 amide bonds. The van der Waals surface area contributed by atoms with E-state index < -0.39 is 114 Å². The predicted octanol–water partition coefficient (Wildman–Crippen LogP) is -3.21. The molecule has 25 heteroatoms. The van der Waals surface area contributed by atoms with E-state index in [1.807, 2.05) is 27.7 Å². The van der Waals surface area contributed by atoms with E-state index in [0.717, 1.165) is 0 Å². The van der Waals surface area contributed by atoms with Gasteiger partial charge in [-0.05, 0) is 104 Å². The van der Waals surface area contributed by atoms with Gasteiger partial charge in [0.25, 0.3) is 0 Å². The molecule has 0 saturated carbocycles. The van der Waals surface area contributed by atoms with Crippen LogP contribution in [0.5, 0.6) is 0 Å². The second-order valence-corrected chi connectivity index (χ2v) is 17.9. The maximum absolute atomic E-state index is 13.9. The highest BCUT2D eigenvalue weighted by molar-refractivity contribution is 5.98. The number of carbonyl (C=O) groups excluding carboxylic acids is 9. The van der Waals surface area contributed by atoms with Gasteiger partial charge in [-0.25, -0.2) is 9.78 Å². The lowest BCUT2D eigenvalue weighted by molar-refractivity contribution is -0.142. The van der Waals surface area contributed by atoms with Crippen molar-refractivity contribution in [3.63, 3.8) is 0 Å². The first-order valence-electron chi connectivity index (χ1n) is 23.5. The molecular weight excluding hydrogens is 901 g/mol. The summed E-state index contributed by atoms with van der Waals surface area (Å²) in [6, 6.07) is -10.7. The summed E-state index contributed by atoms with van der Waals surface area (Å²) in [4.78, 5) is 138. The smallest absolute Gasteiger partial charge is 0.326 e. The standard InChI is InChI=1S/C44H78N14O11/c1-23(2)17-32(54-35(59)20-47)41(65)52-25(5)36(60)50-26(6)38(62)57-33(18-24(3)4)43(67)55-30(13-9-11-15-45)40(64)51-28(8)39(63)58-34(19-29-21-48-22-49-29)42(66)53-27(7)37(61)56-31(44(68)69)14-10-12-16-46/h21-28,30-34H,9-20,45-47H2,1-8H3,(H,48,49)(H,50,60)(H,51,64)(H,52,65)(H,53,66)(H,54,59)(H,55,67)(H,56,61)(H,57,62)(H,58,63)(H,68,69)/t25-,26-,27-,28-,30-,31-,32-,33-,34-/m0/s1. The molecule has 0 radical (unpaired) electrons. The summed E-state index contributed by atoms with van der Waals surface area (Å²) >= 11 is 0. The number of aromatic nitrogens is 2. The Labute approximate surface area is 403 Å². The van der Waals surface area contributed by atoms with Crippen molar-refractivity contribution < 1.29 is 53.1 Å². The molecule has 1 aromatic heterocycles. The molecule has 25 nitrogen and oxygen atoms in total. The third-order valence-electron chi connectivity index (χ3n) is 10.6. The highest BCUT2D eigenvalue weighted by Crippen LogP contribution is 2.10. The third kappa shape index (κ3) is 23.6. The lowest BCUT2D eigenvalue weighted by Gasteiger charge is -2.27. The van der Waals surface area contributed by atoms with Crippen molar-refractivity contribution in [1.29, 1.82) is 0 Å². The zero-order valence-corrected chi connectivity index (χ0v) is 41.2. The Morgan fingerprint density at radius 1 is 0.493 bits per heavy atom. The van der Waals surface area contributed by atoms with Crippen LogP contribution in [0.25, 0.3) is 0 Å². The van der Waals surface area contributed by atoms with Crippen molar-refractivity contribution in [2.75, 3.05) is 19.6 Å². The zero-order valence-electron chi connectivity index (χ0n) is 41.2. The minimum absolute atomic E-state index is 0.0211. The molecule has 0 aliphatic rings. The number of rotatable bonds is 33. The van der Waals surface area contributed by atoms with Crippen molar-refractivity contribution in [2.24, 2.45) is 29.0 Å². The molecule has 69 heavy (non-hydrogen) atoms. The molecule has 1 rings (SSSR count). The fourth-order valence-electron chi connectivity index (χ4n) is 6.70. The predicted molar refractivity (Wildman–Crippen MR) is 254 cm³/mol. The number of hydrogen-bond acceptors (Lipinski definition) is 14. The quantitative estimate of drug-likeness (QED) is 0.0308. The number of carbonyl (C=O) groups is 10. The molecule has 0 fully saturated rings. The number of nitrogens with two attached hydrogens (primary N) is 3. The van der Waals surface area contributed by atoms with Crippen LogP contribution >= 0.6 is 0 Å². The van der Waals surface area contributed by atoms with Crippen molar-refractivity contribution in [3.05, 3.63) is 18.2 Å². The summed E-state index contributed by atoms with van der Waals surface area (Å²) in [6.07, 6.45) is 5.19. The normalized spacial score (nSPS) is 15.1. The molecule has 0 aliphatic carbocycles. The maximum atomic E-state index is 13.9. The van der Waals surface area contributed by atoms with Crippen LogP contribution in [0.2, 0.25) is 0 Å². The Kier molecular flexibility index (Phi) is 28.0. The number of hydrogen-bond donors (Lipinski definition) is 14. The zero-order chi connectivity index (χ0) is 52.4. The molecule has 390 valence electrons. The van der Waals surface area contributed by atoms with Gasteiger partial charge in [0.1, 0.15) is 54.4 Å². The highest BCUT2D eigenvalue weighted by Gasteiger charge is 2.33. The summed E-state index contributed by atoms with van der Waals surface area (Å²) in [5, 5.41) is 32.5. The largest absolute Gasteiger partial charge is 0.480 e. The Morgan fingerprint density at radius 2 is 0.855 bits per heavy atom. The van der Waals surface area contributed by atoms with Crippen LogP contribution in [0.1, 0.15) is 112 Å². The van der Waals surface area contributed by atoms with Gasteiger partial charge < -0.3 is 75.1 Å². The van der Waals surface area contributed by atoms with Crippen molar-refractivity contribution in [3.8, 4) is 0 Å². The van der Waals surface area contributed by atoms with Crippen molar-refractivity contribution in [1.82, 2.24) is 57.8 Å². The van der Waals surface area contributed by atoms with Gasteiger partial charge in [0.15, 0.2) is 0 Å². The van der Waals surface area contributed by atoms with Gasteiger partial charge in [-0.2, -0.15) is 0 Å². The summed E-state index contributed by atoms with van der Waals surface area (Å²) in [6.45, 7) is 13.1. The molecule has 1 aromatic rings. The monoisotopic (exact) mass is 979 g/mol. The first-order valence-corrected chi connectivity index (χ1v) is 23.5. The number of imidazole rings is 1. The Balaban J connectivity index is 3.12. The number of nitrogens with one attached hydrogen (secondary N) is 10. The van der Waals surface area contributed by atoms with E-state index in [4.69, 9.17) is 17.2 Å². The number of carboxylic acid groups (broad SMARTS) is 1. The number of H-pyrrole nitrogens is 1. The summed E-state index contributed by atoms with van der Waals surface area (Å²) in [5.41, 5.74) is 17.0. The molecule has 0 aromatic carbocycles. The fraction of sp³-hybridized carbons (Fsp3) is 0.705. The van der Waals surface area contributed by atoms with Gasteiger partial charge in [0, 0.05) is 18.3 Å².